The Hall–Kier alpha value is -2.18. The number of nitrogens with zero attached hydrogens (tertiary/aromatic N) is 2. The van der Waals surface area contributed by atoms with Crippen LogP contribution in [-0.2, 0) is 0 Å². The number of rotatable bonds is 4. The number of aromatic carboxylic acids is 1. The first kappa shape index (κ1) is 15.2. The van der Waals surface area contributed by atoms with Crippen LogP contribution in [0.3, 0.4) is 0 Å². The van der Waals surface area contributed by atoms with Gasteiger partial charge in [0.25, 0.3) is 5.69 Å². The highest BCUT2D eigenvalue weighted by Crippen LogP contribution is 2.26. The van der Waals surface area contributed by atoms with Gasteiger partial charge in [0.15, 0.2) is 0 Å². The van der Waals surface area contributed by atoms with E-state index in [9.17, 15) is 20.0 Å². The van der Waals surface area contributed by atoms with Crippen LogP contribution in [0.5, 0.6) is 0 Å². The zero-order valence-electron chi connectivity index (χ0n) is 11.9. The SMILES string of the molecule is CC1CCCC(Nc2ncc([N+](=O)[O-])cc2C(=O)O)CC1. The van der Waals surface area contributed by atoms with Crippen molar-refractivity contribution < 1.29 is 14.8 Å². The minimum Gasteiger partial charge on any atom is -0.478 e. The first-order chi connectivity index (χ1) is 9.97. The normalized spacial score (nSPS) is 22.3. The standard InChI is InChI=1S/C14H19N3O4/c1-9-3-2-4-10(6-5-9)16-13-12(14(18)19)7-11(8-15-13)17(20)21/h7-10H,2-6H2,1H3,(H,15,16)(H,18,19). The van der Waals surface area contributed by atoms with E-state index >= 15 is 0 Å². The average molecular weight is 293 g/mol. The fourth-order valence-electron chi connectivity index (χ4n) is 2.66. The molecule has 7 heteroatoms. The van der Waals surface area contributed by atoms with E-state index in [1.807, 2.05) is 0 Å². The summed E-state index contributed by atoms with van der Waals surface area (Å²) in [7, 11) is 0. The van der Waals surface area contributed by atoms with Crippen LogP contribution in [-0.4, -0.2) is 27.0 Å². The van der Waals surface area contributed by atoms with Gasteiger partial charge in [-0.25, -0.2) is 9.78 Å². The number of anilines is 1. The summed E-state index contributed by atoms with van der Waals surface area (Å²) in [6, 6.07) is 1.22. The highest BCUT2D eigenvalue weighted by Gasteiger charge is 2.21. The maximum atomic E-state index is 11.3. The predicted octanol–water partition coefficient (Wildman–Crippen LogP) is 3.07. The summed E-state index contributed by atoms with van der Waals surface area (Å²) in [6.07, 6.45) is 6.37. The molecule has 1 aliphatic carbocycles. The number of carboxylic acids is 1. The van der Waals surface area contributed by atoms with Crippen LogP contribution in [0, 0.1) is 16.0 Å². The van der Waals surface area contributed by atoms with Crippen molar-refractivity contribution in [3.8, 4) is 0 Å². The van der Waals surface area contributed by atoms with Gasteiger partial charge in [-0.2, -0.15) is 0 Å². The Labute approximate surface area is 122 Å². The van der Waals surface area contributed by atoms with Crippen molar-refractivity contribution in [2.75, 3.05) is 5.32 Å². The Morgan fingerprint density at radius 1 is 1.43 bits per heavy atom. The van der Waals surface area contributed by atoms with Crippen molar-refractivity contribution in [3.63, 3.8) is 0 Å². The number of pyridine rings is 1. The molecule has 1 saturated carbocycles. The average Bonchev–Trinajstić information content (AvgIpc) is 2.63. The molecule has 0 spiro atoms. The molecule has 1 fully saturated rings. The first-order valence-corrected chi connectivity index (χ1v) is 7.11. The maximum absolute atomic E-state index is 11.3. The van der Waals surface area contributed by atoms with Gasteiger partial charge in [0.1, 0.15) is 17.6 Å². The number of hydrogen-bond acceptors (Lipinski definition) is 5. The van der Waals surface area contributed by atoms with Gasteiger partial charge in [0.2, 0.25) is 0 Å². The molecule has 1 heterocycles. The van der Waals surface area contributed by atoms with E-state index in [1.165, 1.54) is 6.42 Å². The molecule has 21 heavy (non-hydrogen) atoms. The van der Waals surface area contributed by atoms with Gasteiger partial charge in [0.05, 0.1) is 4.92 Å². The summed E-state index contributed by atoms with van der Waals surface area (Å²) >= 11 is 0. The van der Waals surface area contributed by atoms with E-state index in [2.05, 4.69) is 17.2 Å². The Morgan fingerprint density at radius 2 is 2.19 bits per heavy atom. The number of hydrogen-bond donors (Lipinski definition) is 2. The molecule has 2 unspecified atom stereocenters. The van der Waals surface area contributed by atoms with Crippen LogP contribution in [0.15, 0.2) is 12.3 Å². The molecule has 0 aromatic carbocycles. The molecule has 1 aliphatic rings. The Bertz CT molecular complexity index is 547. The molecule has 0 amide bonds. The highest BCUT2D eigenvalue weighted by atomic mass is 16.6. The summed E-state index contributed by atoms with van der Waals surface area (Å²) in [6.45, 7) is 2.22. The molecule has 2 rings (SSSR count). The van der Waals surface area contributed by atoms with Gasteiger partial charge in [-0.15, -0.1) is 0 Å². The topological polar surface area (TPSA) is 105 Å². The fourth-order valence-corrected chi connectivity index (χ4v) is 2.66. The number of carboxylic acid groups (broad SMARTS) is 1. The Balaban J connectivity index is 2.18. The molecule has 114 valence electrons. The van der Waals surface area contributed by atoms with E-state index in [4.69, 9.17) is 0 Å². The van der Waals surface area contributed by atoms with Crippen LogP contribution in [0.25, 0.3) is 0 Å². The van der Waals surface area contributed by atoms with Crippen molar-refractivity contribution >= 4 is 17.5 Å². The van der Waals surface area contributed by atoms with Gasteiger partial charge in [-0.1, -0.05) is 19.8 Å². The van der Waals surface area contributed by atoms with Gasteiger partial charge in [0, 0.05) is 12.1 Å². The smallest absolute Gasteiger partial charge is 0.339 e. The minimum absolute atomic E-state index is 0.151. The van der Waals surface area contributed by atoms with E-state index in [0.717, 1.165) is 37.9 Å². The van der Waals surface area contributed by atoms with E-state index < -0.39 is 10.9 Å². The van der Waals surface area contributed by atoms with Gasteiger partial charge in [-0.05, 0) is 25.2 Å². The molecule has 0 bridgehead atoms. The van der Waals surface area contributed by atoms with Crippen LogP contribution >= 0.6 is 0 Å². The maximum Gasteiger partial charge on any atom is 0.339 e. The third kappa shape index (κ3) is 3.90. The van der Waals surface area contributed by atoms with Crippen molar-refractivity contribution in [1.29, 1.82) is 0 Å². The van der Waals surface area contributed by atoms with Crippen LogP contribution in [0.4, 0.5) is 11.5 Å². The summed E-state index contributed by atoms with van der Waals surface area (Å²) < 4.78 is 0. The third-order valence-electron chi connectivity index (χ3n) is 3.91. The molecule has 0 saturated heterocycles. The summed E-state index contributed by atoms with van der Waals surface area (Å²) in [5.74, 6) is -0.316. The number of nitro groups is 1. The van der Waals surface area contributed by atoms with Crippen LogP contribution in [0.1, 0.15) is 49.4 Å². The second-order valence-corrected chi connectivity index (χ2v) is 5.61. The van der Waals surface area contributed by atoms with Crippen molar-refractivity contribution in [2.45, 2.75) is 45.1 Å². The quantitative estimate of drug-likeness (QED) is 0.502. The highest BCUT2D eigenvalue weighted by molar-refractivity contribution is 5.93. The molecule has 7 nitrogen and oxygen atoms in total. The second kappa shape index (κ2) is 6.51. The molecule has 1 aromatic heterocycles. The number of aromatic nitrogens is 1. The van der Waals surface area contributed by atoms with Gasteiger partial charge >= 0.3 is 5.97 Å². The van der Waals surface area contributed by atoms with Crippen molar-refractivity contribution in [3.05, 3.63) is 27.9 Å². The van der Waals surface area contributed by atoms with Gasteiger partial charge < -0.3 is 10.4 Å². The molecule has 0 aliphatic heterocycles. The monoisotopic (exact) mass is 293 g/mol. The lowest BCUT2D eigenvalue weighted by atomic mass is 10.0. The number of nitrogens with one attached hydrogen (secondary N) is 1. The van der Waals surface area contributed by atoms with E-state index in [1.54, 1.807) is 0 Å². The zero-order valence-corrected chi connectivity index (χ0v) is 11.9. The molecule has 1 aromatic rings. The molecular formula is C14H19N3O4. The Morgan fingerprint density at radius 3 is 2.86 bits per heavy atom. The second-order valence-electron chi connectivity index (χ2n) is 5.61. The summed E-state index contributed by atoms with van der Waals surface area (Å²) in [4.78, 5) is 25.3. The molecular weight excluding hydrogens is 274 g/mol. The number of carbonyl (C=O) groups is 1. The lowest BCUT2D eigenvalue weighted by Crippen LogP contribution is -2.21. The fraction of sp³-hybridized carbons (Fsp3) is 0.571. The molecule has 2 atom stereocenters. The largest absolute Gasteiger partial charge is 0.478 e. The predicted molar refractivity (Wildman–Crippen MR) is 77.5 cm³/mol. The summed E-state index contributed by atoms with van der Waals surface area (Å²) in [5, 5.41) is 23.1. The molecule has 0 radical (unpaired) electrons. The lowest BCUT2D eigenvalue weighted by molar-refractivity contribution is -0.385. The van der Waals surface area contributed by atoms with Crippen molar-refractivity contribution in [2.24, 2.45) is 5.92 Å². The summed E-state index contributed by atoms with van der Waals surface area (Å²) in [5.41, 5.74) is -0.464. The van der Waals surface area contributed by atoms with Gasteiger partial charge in [-0.3, -0.25) is 10.1 Å². The van der Waals surface area contributed by atoms with Crippen molar-refractivity contribution in [1.82, 2.24) is 4.98 Å². The van der Waals surface area contributed by atoms with E-state index in [0.29, 0.717) is 5.92 Å². The van der Waals surface area contributed by atoms with Crippen LogP contribution in [0.2, 0.25) is 0 Å². The first-order valence-electron chi connectivity index (χ1n) is 7.11. The third-order valence-corrected chi connectivity index (χ3v) is 3.91. The van der Waals surface area contributed by atoms with Crippen LogP contribution < -0.4 is 5.32 Å². The minimum atomic E-state index is -1.21. The Kier molecular flexibility index (Phi) is 4.72. The molecule has 2 N–H and O–H groups in total. The lowest BCUT2D eigenvalue weighted by Gasteiger charge is -2.18. The zero-order chi connectivity index (χ0) is 15.4. The van der Waals surface area contributed by atoms with E-state index in [-0.39, 0.29) is 23.1 Å².